The molecule has 1 amide bonds. The van der Waals surface area contributed by atoms with E-state index in [4.69, 9.17) is 0 Å². The average Bonchev–Trinajstić information content (AvgIpc) is 2.74. The van der Waals surface area contributed by atoms with Crippen LogP contribution in [-0.4, -0.2) is 73.2 Å². The maximum Gasteiger partial charge on any atom is 0.270 e. The average molecular weight is 396 g/mol. The monoisotopic (exact) mass is 396 g/mol. The Bertz CT molecular complexity index is 908. The number of carbonyl (C=O) groups is 2. The Morgan fingerprint density at radius 2 is 1.72 bits per heavy atom. The van der Waals surface area contributed by atoms with Crippen molar-refractivity contribution in [2.75, 3.05) is 51.7 Å². The van der Waals surface area contributed by atoms with Crippen LogP contribution >= 0.6 is 0 Å². The van der Waals surface area contributed by atoms with Crippen LogP contribution in [0, 0.1) is 10.1 Å². The van der Waals surface area contributed by atoms with Gasteiger partial charge >= 0.3 is 0 Å². The van der Waals surface area contributed by atoms with Gasteiger partial charge in [-0.25, -0.2) is 0 Å². The zero-order valence-electron chi connectivity index (χ0n) is 16.6. The van der Waals surface area contributed by atoms with Gasteiger partial charge in [0.2, 0.25) is 5.91 Å². The molecule has 0 radical (unpaired) electrons. The van der Waals surface area contributed by atoms with E-state index in [0.717, 1.165) is 26.2 Å². The van der Waals surface area contributed by atoms with E-state index in [-0.39, 0.29) is 29.5 Å². The number of hydrogen-bond donors (Lipinski definition) is 0. The number of likely N-dealkylation sites (N-methyl/N-ethyl adjacent to an activating group) is 2. The number of benzene rings is 2. The quantitative estimate of drug-likeness (QED) is 0.422. The number of nitro groups is 1. The first-order valence-corrected chi connectivity index (χ1v) is 9.42. The van der Waals surface area contributed by atoms with Crippen LogP contribution in [0.2, 0.25) is 0 Å². The normalized spacial score (nSPS) is 15.1. The fraction of sp³-hybridized carbons (Fsp3) is 0.333. The molecule has 0 unspecified atom stereocenters. The number of anilines is 1. The van der Waals surface area contributed by atoms with Crippen molar-refractivity contribution in [3.63, 3.8) is 0 Å². The molecule has 1 heterocycles. The summed E-state index contributed by atoms with van der Waals surface area (Å²) in [5, 5.41) is 11.2. The van der Waals surface area contributed by atoms with Crippen molar-refractivity contribution in [1.29, 1.82) is 0 Å². The summed E-state index contributed by atoms with van der Waals surface area (Å²) >= 11 is 0. The van der Waals surface area contributed by atoms with Crippen molar-refractivity contribution in [3.05, 3.63) is 69.8 Å². The van der Waals surface area contributed by atoms with Crippen LogP contribution in [0.25, 0.3) is 0 Å². The second-order valence-corrected chi connectivity index (χ2v) is 7.19. The molecule has 152 valence electrons. The lowest BCUT2D eigenvalue weighted by atomic mass is 10.0. The number of hydrogen-bond acceptors (Lipinski definition) is 6. The molecular weight excluding hydrogens is 372 g/mol. The molecule has 1 aliphatic rings. The van der Waals surface area contributed by atoms with E-state index >= 15 is 0 Å². The van der Waals surface area contributed by atoms with Crippen molar-refractivity contribution >= 4 is 23.1 Å². The van der Waals surface area contributed by atoms with E-state index < -0.39 is 4.92 Å². The van der Waals surface area contributed by atoms with Crippen LogP contribution in [0.15, 0.2) is 48.5 Å². The van der Waals surface area contributed by atoms with Gasteiger partial charge in [-0.2, -0.15) is 0 Å². The van der Waals surface area contributed by atoms with Crippen molar-refractivity contribution in [2.45, 2.75) is 0 Å². The Morgan fingerprint density at radius 3 is 2.34 bits per heavy atom. The highest BCUT2D eigenvalue weighted by Crippen LogP contribution is 2.27. The minimum Gasteiger partial charge on any atom is -0.314 e. The highest BCUT2D eigenvalue weighted by molar-refractivity contribution is 6.14. The number of non-ortho nitro benzene ring substituents is 1. The minimum absolute atomic E-state index is 0.139. The molecule has 8 heteroatoms. The van der Waals surface area contributed by atoms with E-state index in [1.54, 1.807) is 37.4 Å². The maximum atomic E-state index is 13.0. The lowest BCUT2D eigenvalue weighted by Gasteiger charge is -2.33. The summed E-state index contributed by atoms with van der Waals surface area (Å²) in [6.07, 6.45) is 0. The molecule has 29 heavy (non-hydrogen) atoms. The molecular formula is C21H24N4O4. The SMILES string of the molecule is CN1CCN(CC(=O)N(C)c2ccc([N+](=O)[O-])cc2C(=O)c2ccccc2)CC1. The first kappa shape index (κ1) is 20.6. The summed E-state index contributed by atoms with van der Waals surface area (Å²) in [6.45, 7) is 3.62. The Kier molecular flexibility index (Phi) is 6.36. The van der Waals surface area contributed by atoms with Gasteiger partial charge in [-0.15, -0.1) is 0 Å². The molecule has 1 aliphatic heterocycles. The standard InChI is InChI=1S/C21H24N4O4/c1-22-10-12-24(13-11-22)15-20(26)23(2)19-9-8-17(25(28)29)14-18(19)21(27)16-6-4-3-5-7-16/h3-9,14H,10-13,15H2,1-2H3. The molecule has 0 N–H and O–H groups in total. The molecule has 1 saturated heterocycles. The van der Waals surface area contributed by atoms with E-state index in [9.17, 15) is 19.7 Å². The van der Waals surface area contributed by atoms with Crippen LogP contribution in [0.3, 0.4) is 0 Å². The van der Waals surface area contributed by atoms with Crippen molar-refractivity contribution in [3.8, 4) is 0 Å². The Morgan fingerprint density at radius 1 is 1.07 bits per heavy atom. The second kappa shape index (κ2) is 8.93. The lowest BCUT2D eigenvalue weighted by Crippen LogP contribution is -2.48. The fourth-order valence-electron chi connectivity index (χ4n) is 3.29. The van der Waals surface area contributed by atoms with E-state index in [1.165, 1.54) is 23.1 Å². The van der Waals surface area contributed by atoms with Gasteiger partial charge in [0.15, 0.2) is 5.78 Å². The van der Waals surface area contributed by atoms with Gasteiger partial charge in [-0.1, -0.05) is 30.3 Å². The molecule has 0 aliphatic carbocycles. The highest BCUT2D eigenvalue weighted by atomic mass is 16.6. The van der Waals surface area contributed by atoms with Gasteiger partial charge in [-0.3, -0.25) is 24.6 Å². The molecule has 2 aromatic rings. The number of carbonyl (C=O) groups excluding carboxylic acids is 2. The van der Waals surface area contributed by atoms with Crippen molar-refractivity contribution in [1.82, 2.24) is 9.80 Å². The third-order valence-corrected chi connectivity index (χ3v) is 5.16. The van der Waals surface area contributed by atoms with Crippen LogP contribution in [0.1, 0.15) is 15.9 Å². The molecule has 0 spiro atoms. The molecule has 0 saturated carbocycles. The molecule has 0 bridgehead atoms. The first-order valence-electron chi connectivity index (χ1n) is 9.42. The van der Waals surface area contributed by atoms with E-state index in [2.05, 4.69) is 9.80 Å². The third-order valence-electron chi connectivity index (χ3n) is 5.16. The van der Waals surface area contributed by atoms with Gasteiger partial charge in [-0.05, 0) is 13.1 Å². The van der Waals surface area contributed by atoms with Crippen LogP contribution in [0.4, 0.5) is 11.4 Å². The number of rotatable bonds is 6. The fourth-order valence-corrected chi connectivity index (χ4v) is 3.29. The number of amides is 1. The van der Waals surface area contributed by atoms with E-state index in [0.29, 0.717) is 11.3 Å². The van der Waals surface area contributed by atoms with Crippen molar-refractivity contribution < 1.29 is 14.5 Å². The van der Waals surface area contributed by atoms with Gasteiger partial charge in [0.1, 0.15) is 0 Å². The van der Waals surface area contributed by atoms with Gasteiger partial charge in [0, 0.05) is 50.9 Å². The molecule has 8 nitrogen and oxygen atoms in total. The number of nitrogens with zero attached hydrogens (tertiary/aromatic N) is 4. The summed E-state index contributed by atoms with van der Waals surface area (Å²) in [5.74, 6) is -0.519. The summed E-state index contributed by atoms with van der Waals surface area (Å²) in [5.41, 5.74) is 0.727. The number of ketones is 1. The first-order chi connectivity index (χ1) is 13.9. The summed E-state index contributed by atoms with van der Waals surface area (Å²) in [6, 6.07) is 12.6. The zero-order chi connectivity index (χ0) is 21.0. The molecule has 3 rings (SSSR count). The van der Waals surface area contributed by atoms with Crippen LogP contribution in [-0.2, 0) is 4.79 Å². The second-order valence-electron chi connectivity index (χ2n) is 7.19. The lowest BCUT2D eigenvalue weighted by molar-refractivity contribution is -0.384. The number of nitro benzene ring substituents is 1. The van der Waals surface area contributed by atoms with Crippen LogP contribution in [0.5, 0.6) is 0 Å². The highest BCUT2D eigenvalue weighted by Gasteiger charge is 2.24. The molecule has 0 atom stereocenters. The Hall–Kier alpha value is -3.10. The van der Waals surface area contributed by atoms with Crippen molar-refractivity contribution in [2.24, 2.45) is 0 Å². The smallest absolute Gasteiger partial charge is 0.270 e. The summed E-state index contributed by atoms with van der Waals surface area (Å²) in [4.78, 5) is 42.2. The predicted molar refractivity (Wildman–Crippen MR) is 110 cm³/mol. The molecule has 2 aromatic carbocycles. The predicted octanol–water partition coefficient (Wildman–Crippen LogP) is 2.04. The molecule has 1 fully saturated rings. The maximum absolute atomic E-state index is 13.0. The zero-order valence-corrected chi connectivity index (χ0v) is 16.6. The van der Waals surface area contributed by atoms with Gasteiger partial charge in [0.25, 0.3) is 5.69 Å². The summed E-state index contributed by atoms with van der Waals surface area (Å²) in [7, 11) is 3.64. The molecule has 0 aromatic heterocycles. The minimum atomic E-state index is -0.544. The largest absolute Gasteiger partial charge is 0.314 e. The third kappa shape index (κ3) is 4.85. The topological polar surface area (TPSA) is 87.0 Å². The Balaban J connectivity index is 1.88. The number of piperazine rings is 1. The van der Waals surface area contributed by atoms with Crippen LogP contribution < -0.4 is 4.90 Å². The summed E-state index contributed by atoms with van der Waals surface area (Å²) < 4.78 is 0. The van der Waals surface area contributed by atoms with Gasteiger partial charge < -0.3 is 9.80 Å². The van der Waals surface area contributed by atoms with E-state index in [1.807, 2.05) is 7.05 Å². The Labute approximate surface area is 169 Å². The van der Waals surface area contributed by atoms with Gasteiger partial charge in [0.05, 0.1) is 22.7 Å².